The van der Waals surface area contributed by atoms with Crippen molar-refractivity contribution in [1.82, 2.24) is 10.2 Å². The van der Waals surface area contributed by atoms with Gasteiger partial charge in [0, 0.05) is 19.4 Å². The quantitative estimate of drug-likeness (QED) is 0.630. The van der Waals surface area contributed by atoms with E-state index in [1.165, 1.54) is 16.1 Å². The van der Waals surface area contributed by atoms with Crippen LogP contribution in [0, 0.1) is 0 Å². The first-order valence-corrected chi connectivity index (χ1v) is 10.7. The Kier molecular flexibility index (Phi) is 5.12. The first-order chi connectivity index (χ1) is 16.0. The van der Waals surface area contributed by atoms with Crippen LogP contribution >= 0.6 is 0 Å². The summed E-state index contributed by atoms with van der Waals surface area (Å²) >= 11 is 0. The number of nitrogens with zero attached hydrogens (tertiary/aromatic N) is 2. The molecule has 1 N–H and O–H groups in total. The number of hydrogen-bond donors (Lipinski definition) is 1. The highest BCUT2D eigenvalue weighted by Crippen LogP contribution is 2.45. The Balaban J connectivity index is 1.53. The van der Waals surface area contributed by atoms with Gasteiger partial charge in [-0.3, -0.25) is 24.2 Å². The van der Waals surface area contributed by atoms with Crippen LogP contribution in [-0.4, -0.2) is 35.4 Å². The van der Waals surface area contributed by atoms with E-state index >= 15 is 0 Å². The molecule has 0 saturated carbocycles. The van der Waals surface area contributed by atoms with Gasteiger partial charge in [0.1, 0.15) is 11.5 Å². The lowest BCUT2D eigenvalue weighted by Crippen LogP contribution is -2.70. The number of carbonyl (C=O) groups excluding carboxylic acids is 3. The van der Waals surface area contributed by atoms with Gasteiger partial charge in [0.05, 0.1) is 31.2 Å². The van der Waals surface area contributed by atoms with Crippen molar-refractivity contribution in [1.29, 1.82) is 0 Å². The molecule has 1 aromatic heterocycles. The number of para-hydroxylation sites is 1. The Labute approximate surface area is 190 Å². The predicted molar refractivity (Wildman–Crippen MR) is 119 cm³/mol. The van der Waals surface area contributed by atoms with Crippen molar-refractivity contribution < 1.29 is 23.5 Å². The highest BCUT2D eigenvalue weighted by Gasteiger charge is 2.60. The summed E-state index contributed by atoms with van der Waals surface area (Å²) in [5, 5.41) is 2.95. The number of nitrogens with one attached hydrogen (secondary N) is 1. The number of furan rings is 1. The highest BCUT2D eigenvalue weighted by molar-refractivity contribution is 6.16. The van der Waals surface area contributed by atoms with Gasteiger partial charge in [-0.05, 0) is 42.0 Å². The van der Waals surface area contributed by atoms with E-state index in [0.29, 0.717) is 17.0 Å². The van der Waals surface area contributed by atoms with Crippen molar-refractivity contribution in [2.24, 2.45) is 0 Å². The second-order valence-electron chi connectivity index (χ2n) is 8.06. The van der Waals surface area contributed by atoms with Crippen LogP contribution in [0.3, 0.4) is 0 Å². The number of methoxy groups -OCH3 is 1. The summed E-state index contributed by atoms with van der Waals surface area (Å²) in [6.07, 6.45) is 1.87. The standard InChI is InChI=1S/C25H23N3O5/c1-32-18-10-8-17(9-11-18)15-26-24(31)25-13-12-22(29)28(25)21-7-3-2-6-20(21)23(30)27(25)16-19-5-4-14-33-19/h2-11,14H,12-13,15-16H2,1H3,(H,26,31). The van der Waals surface area contributed by atoms with Crippen molar-refractivity contribution in [3.63, 3.8) is 0 Å². The Hall–Kier alpha value is -4.07. The molecular weight excluding hydrogens is 422 g/mol. The number of fused-ring (bicyclic) bond motifs is 3. The summed E-state index contributed by atoms with van der Waals surface area (Å²) in [6.45, 7) is 0.316. The Morgan fingerprint density at radius 2 is 1.88 bits per heavy atom. The van der Waals surface area contributed by atoms with Crippen LogP contribution in [-0.2, 0) is 22.7 Å². The van der Waals surface area contributed by atoms with Crippen LogP contribution in [0.25, 0.3) is 0 Å². The Morgan fingerprint density at radius 3 is 2.61 bits per heavy atom. The van der Waals surface area contributed by atoms with Crippen LogP contribution in [0.1, 0.15) is 34.5 Å². The van der Waals surface area contributed by atoms with E-state index in [1.54, 1.807) is 43.5 Å². The lowest BCUT2D eigenvalue weighted by atomic mass is 9.95. The van der Waals surface area contributed by atoms with Crippen molar-refractivity contribution >= 4 is 23.4 Å². The molecule has 8 heteroatoms. The lowest BCUT2D eigenvalue weighted by Gasteiger charge is -2.48. The third kappa shape index (κ3) is 3.34. The van der Waals surface area contributed by atoms with Gasteiger partial charge in [0.2, 0.25) is 11.6 Å². The zero-order valence-electron chi connectivity index (χ0n) is 18.1. The maximum atomic E-state index is 13.8. The van der Waals surface area contributed by atoms with E-state index in [-0.39, 0.29) is 37.7 Å². The van der Waals surface area contributed by atoms with Gasteiger partial charge < -0.3 is 14.5 Å². The zero-order valence-corrected chi connectivity index (χ0v) is 18.1. The molecule has 3 heterocycles. The molecule has 0 aliphatic carbocycles. The fourth-order valence-corrected chi connectivity index (χ4v) is 4.63. The van der Waals surface area contributed by atoms with E-state index in [4.69, 9.17) is 9.15 Å². The lowest BCUT2D eigenvalue weighted by molar-refractivity contribution is -0.134. The smallest absolute Gasteiger partial charge is 0.267 e. The monoisotopic (exact) mass is 445 g/mol. The van der Waals surface area contributed by atoms with Crippen LogP contribution in [0.2, 0.25) is 0 Å². The molecule has 1 fully saturated rings. The second kappa shape index (κ2) is 8.12. The summed E-state index contributed by atoms with van der Waals surface area (Å²) in [7, 11) is 1.59. The SMILES string of the molecule is COc1ccc(CNC(=O)C23CCC(=O)N2c2ccccc2C(=O)N3Cc2ccco2)cc1. The molecule has 0 spiro atoms. The van der Waals surface area contributed by atoms with Gasteiger partial charge in [-0.25, -0.2) is 0 Å². The molecule has 1 saturated heterocycles. The van der Waals surface area contributed by atoms with E-state index in [1.807, 2.05) is 24.3 Å². The molecule has 1 atom stereocenters. The van der Waals surface area contributed by atoms with Gasteiger partial charge in [-0.1, -0.05) is 24.3 Å². The molecule has 2 aliphatic heterocycles. The Bertz CT molecular complexity index is 1210. The average Bonchev–Trinajstić information content (AvgIpc) is 3.49. The van der Waals surface area contributed by atoms with Crippen molar-refractivity contribution in [3.05, 3.63) is 83.8 Å². The van der Waals surface area contributed by atoms with Gasteiger partial charge in [0.15, 0.2) is 0 Å². The van der Waals surface area contributed by atoms with E-state index in [2.05, 4.69) is 5.32 Å². The molecule has 0 bridgehead atoms. The molecule has 33 heavy (non-hydrogen) atoms. The normalized spacial score (nSPS) is 19.3. The number of anilines is 1. The van der Waals surface area contributed by atoms with Crippen molar-refractivity contribution in [3.8, 4) is 5.75 Å². The van der Waals surface area contributed by atoms with E-state index in [9.17, 15) is 14.4 Å². The highest BCUT2D eigenvalue weighted by atomic mass is 16.5. The number of hydrogen-bond acceptors (Lipinski definition) is 5. The molecular formula is C25H23N3O5. The van der Waals surface area contributed by atoms with Crippen LogP contribution < -0.4 is 15.0 Å². The second-order valence-corrected chi connectivity index (χ2v) is 8.06. The third-order valence-electron chi connectivity index (χ3n) is 6.24. The molecule has 5 rings (SSSR count). The minimum absolute atomic E-state index is 0.0693. The van der Waals surface area contributed by atoms with E-state index < -0.39 is 11.6 Å². The van der Waals surface area contributed by atoms with Crippen molar-refractivity contribution in [2.75, 3.05) is 12.0 Å². The predicted octanol–water partition coefficient (Wildman–Crippen LogP) is 3.08. The maximum absolute atomic E-state index is 13.8. The zero-order chi connectivity index (χ0) is 23.0. The van der Waals surface area contributed by atoms with Gasteiger partial charge in [-0.2, -0.15) is 0 Å². The van der Waals surface area contributed by atoms with Crippen LogP contribution in [0.4, 0.5) is 5.69 Å². The molecule has 8 nitrogen and oxygen atoms in total. The topological polar surface area (TPSA) is 92.1 Å². The maximum Gasteiger partial charge on any atom is 0.267 e. The van der Waals surface area contributed by atoms with Crippen molar-refractivity contribution in [2.45, 2.75) is 31.6 Å². The average molecular weight is 445 g/mol. The Morgan fingerprint density at radius 1 is 1.09 bits per heavy atom. The first-order valence-electron chi connectivity index (χ1n) is 10.7. The van der Waals surface area contributed by atoms with Gasteiger partial charge in [-0.15, -0.1) is 0 Å². The third-order valence-corrected chi connectivity index (χ3v) is 6.24. The number of rotatable bonds is 6. The van der Waals surface area contributed by atoms with Crippen LogP contribution in [0.15, 0.2) is 71.3 Å². The summed E-state index contributed by atoms with van der Waals surface area (Å²) in [4.78, 5) is 43.4. The summed E-state index contributed by atoms with van der Waals surface area (Å²) in [5.41, 5.74) is 0.247. The summed E-state index contributed by atoms with van der Waals surface area (Å²) < 4.78 is 10.7. The molecule has 2 aliphatic rings. The number of benzene rings is 2. The first kappa shape index (κ1) is 20.8. The number of carbonyl (C=O) groups is 3. The minimum Gasteiger partial charge on any atom is -0.497 e. The summed E-state index contributed by atoms with van der Waals surface area (Å²) in [6, 6.07) is 17.7. The van der Waals surface area contributed by atoms with Crippen LogP contribution in [0.5, 0.6) is 5.75 Å². The molecule has 3 amide bonds. The molecule has 3 aromatic rings. The summed E-state index contributed by atoms with van der Waals surface area (Å²) in [5.74, 6) is 0.338. The number of amides is 3. The largest absolute Gasteiger partial charge is 0.497 e. The minimum atomic E-state index is -1.47. The molecule has 2 aromatic carbocycles. The van der Waals surface area contributed by atoms with E-state index in [0.717, 1.165) is 11.3 Å². The molecule has 1 unspecified atom stereocenters. The molecule has 0 radical (unpaired) electrons. The van der Waals surface area contributed by atoms with Gasteiger partial charge >= 0.3 is 0 Å². The number of ether oxygens (including phenoxy) is 1. The van der Waals surface area contributed by atoms with Gasteiger partial charge in [0.25, 0.3) is 11.8 Å². The fraction of sp³-hybridized carbons (Fsp3) is 0.240. The fourth-order valence-electron chi connectivity index (χ4n) is 4.63. The molecule has 168 valence electrons.